The van der Waals surface area contributed by atoms with Crippen molar-refractivity contribution < 1.29 is 29.6 Å². The summed E-state index contributed by atoms with van der Waals surface area (Å²) in [5.74, 6) is -3.87. The van der Waals surface area contributed by atoms with Crippen LogP contribution in [0.2, 0.25) is 0 Å². The molecule has 0 spiro atoms. The first-order valence-corrected chi connectivity index (χ1v) is 8.46. The maximum atomic E-state index is 12.2. The molecule has 0 bridgehead atoms. The summed E-state index contributed by atoms with van der Waals surface area (Å²) in [7, 11) is 0. The molecule has 6 nitrogen and oxygen atoms in total. The molecule has 0 amide bonds. The Hall–Kier alpha value is -3.19. The van der Waals surface area contributed by atoms with Gasteiger partial charge in [0, 0.05) is 17.6 Å². The first-order valence-electron chi connectivity index (χ1n) is 8.01. The van der Waals surface area contributed by atoms with Crippen LogP contribution in [0.4, 0.5) is 0 Å². The number of carbonyl (C=O) groups excluding carboxylic acids is 2. The topological polar surface area (TPSA) is 104 Å². The van der Waals surface area contributed by atoms with Crippen LogP contribution in [-0.2, 0) is 22.6 Å². The van der Waals surface area contributed by atoms with Gasteiger partial charge in [0.2, 0.25) is 23.1 Å². The van der Waals surface area contributed by atoms with Gasteiger partial charge in [0.15, 0.2) is 11.5 Å². The number of para-hydroxylation sites is 1. The molecule has 3 rings (SSSR count). The van der Waals surface area contributed by atoms with Crippen LogP contribution in [0.5, 0.6) is 11.5 Å². The molecule has 2 aromatic carbocycles. The van der Waals surface area contributed by atoms with Gasteiger partial charge in [0.25, 0.3) is 0 Å². The van der Waals surface area contributed by atoms with Crippen molar-refractivity contribution in [2.75, 3.05) is 0 Å². The molecule has 0 heterocycles. The molecule has 0 aliphatic heterocycles. The van der Waals surface area contributed by atoms with Crippen LogP contribution >= 0.6 is 12.6 Å². The highest BCUT2D eigenvalue weighted by atomic mass is 32.1. The van der Waals surface area contributed by atoms with Crippen LogP contribution in [0.1, 0.15) is 11.1 Å². The Morgan fingerprint density at radius 1 is 0.852 bits per heavy atom. The molecule has 0 unspecified atom stereocenters. The Morgan fingerprint density at radius 2 is 1.52 bits per heavy atom. The van der Waals surface area contributed by atoms with Crippen molar-refractivity contribution in [3.8, 4) is 11.5 Å². The number of ether oxygens (including phenoxy) is 1. The van der Waals surface area contributed by atoms with Crippen LogP contribution in [0.3, 0.4) is 0 Å². The van der Waals surface area contributed by atoms with Gasteiger partial charge in [-0.3, -0.25) is 9.59 Å². The lowest BCUT2D eigenvalue weighted by molar-refractivity contribution is -0.119. The van der Waals surface area contributed by atoms with E-state index < -0.39 is 23.1 Å². The largest absolute Gasteiger partial charge is 0.504 e. The first kappa shape index (κ1) is 18.6. The Labute approximate surface area is 160 Å². The molecule has 1 aliphatic rings. The molecule has 2 aromatic rings. The number of phenolic OH excluding ortho intramolecular Hbond substituents is 1. The van der Waals surface area contributed by atoms with Crippen molar-refractivity contribution in [1.29, 1.82) is 0 Å². The van der Waals surface area contributed by atoms with Gasteiger partial charge in [0.1, 0.15) is 6.61 Å². The number of phenols is 1. The zero-order chi connectivity index (χ0) is 19.6. The third kappa shape index (κ3) is 3.68. The third-order valence-corrected chi connectivity index (χ3v) is 4.59. The summed E-state index contributed by atoms with van der Waals surface area (Å²) in [5.41, 5.74) is 1.12. The standard InChI is InChI=1S/C20H16O6S/c21-15-12(9-13-16(22)17(23)18(24)19(25)20(13)27)7-4-8-14(15)26-10-11-5-2-1-3-6-11/h1-8,21,23-24,27H,9-10H2. The maximum Gasteiger partial charge on any atom is 0.237 e. The van der Waals surface area contributed by atoms with Crippen molar-refractivity contribution in [2.24, 2.45) is 0 Å². The van der Waals surface area contributed by atoms with Gasteiger partial charge >= 0.3 is 0 Å². The molecule has 138 valence electrons. The number of carbonyl (C=O) groups is 2. The number of ketones is 2. The summed E-state index contributed by atoms with van der Waals surface area (Å²) in [6.07, 6.45) is -0.158. The number of benzene rings is 2. The zero-order valence-corrected chi connectivity index (χ0v) is 14.9. The highest BCUT2D eigenvalue weighted by molar-refractivity contribution is 7.85. The van der Waals surface area contributed by atoms with Crippen LogP contribution in [0.25, 0.3) is 0 Å². The second-order valence-electron chi connectivity index (χ2n) is 5.90. The van der Waals surface area contributed by atoms with Gasteiger partial charge in [0.05, 0.1) is 4.91 Å². The Balaban J connectivity index is 1.84. The van der Waals surface area contributed by atoms with E-state index >= 15 is 0 Å². The number of aliphatic hydroxyl groups excluding tert-OH is 2. The van der Waals surface area contributed by atoms with Crippen LogP contribution < -0.4 is 4.74 Å². The van der Waals surface area contributed by atoms with E-state index in [1.54, 1.807) is 18.2 Å². The zero-order valence-electron chi connectivity index (χ0n) is 14.0. The van der Waals surface area contributed by atoms with Crippen molar-refractivity contribution >= 4 is 24.2 Å². The van der Waals surface area contributed by atoms with Gasteiger partial charge in [-0.25, -0.2) is 0 Å². The molecule has 0 saturated heterocycles. The van der Waals surface area contributed by atoms with E-state index in [1.807, 2.05) is 30.3 Å². The van der Waals surface area contributed by atoms with Gasteiger partial charge in [-0.15, -0.1) is 12.6 Å². The Kier molecular flexibility index (Phi) is 5.23. The van der Waals surface area contributed by atoms with Gasteiger partial charge in [-0.05, 0) is 11.6 Å². The number of aliphatic hydroxyl groups is 2. The molecule has 1 aliphatic carbocycles. The van der Waals surface area contributed by atoms with E-state index in [4.69, 9.17) is 4.74 Å². The lowest BCUT2D eigenvalue weighted by Crippen LogP contribution is -2.23. The van der Waals surface area contributed by atoms with E-state index in [0.717, 1.165) is 5.56 Å². The fraction of sp³-hybridized carbons (Fsp3) is 0.100. The van der Waals surface area contributed by atoms with Crippen LogP contribution in [0, 0.1) is 0 Å². The predicted molar refractivity (Wildman–Crippen MR) is 101 cm³/mol. The van der Waals surface area contributed by atoms with Crippen molar-refractivity contribution in [1.82, 2.24) is 0 Å². The normalized spacial score (nSPS) is 14.7. The molecule has 7 heteroatoms. The number of aromatic hydroxyl groups is 1. The molecule has 0 aromatic heterocycles. The number of rotatable bonds is 5. The lowest BCUT2D eigenvalue weighted by Gasteiger charge is -2.17. The summed E-state index contributed by atoms with van der Waals surface area (Å²) in [6.45, 7) is 0.243. The van der Waals surface area contributed by atoms with E-state index in [0.29, 0.717) is 5.56 Å². The molecular formula is C20H16O6S. The SMILES string of the molecule is O=C1C(O)=C(O)C(=O)C(Cc2cccc(OCc3ccccc3)c2O)=C1S. The fourth-order valence-corrected chi connectivity index (χ4v) is 2.92. The highest BCUT2D eigenvalue weighted by Gasteiger charge is 2.33. The van der Waals surface area contributed by atoms with Crippen LogP contribution in [0.15, 0.2) is 70.5 Å². The minimum absolute atomic E-state index is 0.117. The first-order chi connectivity index (χ1) is 12.9. The average molecular weight is 384 g/mol. The average Bonchev–Trinajstić information content (AvgIpc) is 2.69. The Morgan fingerprint density at radius 3 is 2.22 bits per heavy atom. The monoisotopic (exact) mass is 384 g/mol. The number of Topliss-reactive ketones (excluding diaryl/α,β-unsaturated/α-hetero) is 2. The summed E-state index contributed by atoms with van der Waals surface area (Å²) >= 11 is 3.98. The lowest BCUT2D eigenvalue weighted by atomic mass is 9.93. The summed E-state index contributed by atoms with van der Waals surface area (Å²) in [4.78, 5) is 23.7. The predicted octanol–water partition coefficient (Wildman–Crippen LogP) is 3.18. The molecular weight excluding hydrogens is 368 g/mol. The summed E-state index contributed by atoms with van der Waals surface area (Å²) in [5, 5.41) is 29.5. The number of hydrogen-bond acceptors (Lipinski definition) is 7. The quantitative estimate of drug-likeness (QED) is 0.466. The van der Waals surface area contributed by atoms with E-state index in [9.17, 15) is 24.9 Å². The summed E-state index contributed by atoms with van der Waals surface area (Å²) in [6, 6.07) is 14.2. The van der Waals surface area contributed by atoms with Gasteiger partial charge in [-0.2, -0.15) is 0 Å². The molecule has 0 saturated carbocycles. The molecule has 27 heavy (non-hydrogen) atoms. The number of allylic oxidation sites excluding steroid dienone is 2. The van der Waals surface area contributed by atoms with E-state index in [2.05, 4.69) is 12.6 Å². The minimum Gasteiger partial charge on any atom is -0.504 e. The smallest absolute Gasteiger partial charge is 0.237 e. The highest BCUT2D eigenvalue weighted by Crippen LogP contribution is 2.34. The van der Waals surface area contributed by atoms with Crippen LogP contribution in [-0.4, -0.2) is 26.9 Å². The maximum absolute atomic E-state index is 12.2. The molecule has 0 atom stereocenters. The van der Waals surface area contributed by atoms with E-state index in [1.165, 1.54) is 0 Å². The van der Waals surface area contributed by atoms with Crippen molar-refractivity contribution in [3.05, 3.63) is 81.7 Å². The minimum atomic E-state index is -1.03. The van der Waals surface area contributed by atoms with Gasteiger partial charge < -0.3 is 20.1 Å². The second-order valence-corrected chi connectivity index (χ2v) is 6.34. The van der Waals surface area contributed by atoms with Crippen molar-refractivity contribution in [3.63, 3.8) is 0 Å². The third-order valence-electron chi connectivity index (χ3n) is 4.12. The summed E-state index contributed by atoms with van der Waals surface area (Å²) < 4.78 is 5.63. The molecule has 0 radical (unpaired) electrons. The molecule has 3 N–H and O–H groups in total. The van der Waals surface area contributed by atoms with Gasteiger partial charge in [-0.1, -0.05) is 42.5 Å². The Bertz CT molecular complexity index is 975. The van der Waals surface area contributed by atoms with Crippen molar-refractivity contribution in [2.45, 2.75) is 13.0 Å². The molecule has 0 fully saturated rings. The second kappa shape index (κ2) is 7.59. The number of hydrogen-bond donors (Lipinski definition) is 4. The number of thiol groups is 1. The van der Waals surface area contributed by atoms with E-state index in [-0.39, 0.29) is 35.0 Å². The fourth-order valence-electron chi connectivity index (χ4n) is 2.63.